The van der Waals surface area contributed by atoms with Gasteiger partial charge in [0.25, 0.3) is 5.91 Å². The molecule has 0 atom stereocenters. The Kier molecular flexibility index (Phi) is 7.68. The van der Waals surface area contributed by atoms with E-state index >= 15 is 0 Å². The number of nitrogens with one attached hydrogen (secondary N) is 1. The summed E-state index contributed by atoms with van der Waals surface area (Å²) in [6.45, 7) is 4.69. The number of nitrogens with zero attached hydrogens (tertiary/aromatic N) is 4. The molecule has 0 saturated heterocycles. The lowest BCUT2D eigenvalue weighted by atomic mass is 10.3. The van der Waals surface area contributed by atoms with Crippen molar-refractivity contribution < 1.29 is 4.79 Å². The van der Waals surface area contributed by atoms with Crippen LogP contribution < -0.4 is 10.2 Å². The quantitative estimate of drug-likeness (QED) is 0.697. The molecule has 0 bridgehead atoms. The molecular formula is C15H27N5O. The van der Waals surface area contributed by atoms with Crippen molar-refractivity contribution in [2.24, 2.45) is 0 Å². The molecule has 0 spiro atoms. The number of carbonyl (C=O) groups excluding carboxylic acids is 1. The van der Waals surface area contributed by atoms with Crippen LogP contribution in [-0.4, -0.2) is 61.6 Å². The highest BCUT2D eigenvalue weighted by molar-refractivity contribution is 5.93. The lowest BCUT2D eigenvalue weighted by Gasteiger charge is -2.16. The lowest BCUT2D eigenvalue weighted by molar-refractivity contribution is 0.0951. The minimum Gasteiger partial charge on any atom is -0.352 e. The van der Waals surface area contributed by atoms with E-state index in [1.807, 2.05) is 26.0 Å². The standard InChI is InChI=1S/C15H27N5O/c1-5-6-10-20(4)15-17-11-13(12-18-15)14(21)16-8-7-9-19(2)3/h11-12H,5-10H2,1-4H3,(H,16,21). The second-order valence-electron chi connectivity index (χ2n) is 5.46. The fourth-order valence-electron chi connectivity index (χ4n) is 1.83. The molecule has 6 heteroatoms. The average Bonchev–Trinajstić information content (AvgIpc) is 2.49. The first-order chi connectivity index (χ1) is 10.0. The summed E-state index contributed by atoms with van der Waals surface area (Å²) < 4.78 is 0. The van der Waals surface area contributed by atoms with Crippen molar-refractivity contribution in [3.05, 3.63) is 18.0 Å². The van der Waals surface area contributed by atoms with Crippen molar-refractivity contribution in [1.29, 1.82) is 0 Å². The van der Waals surface area contributed by atoms with Gasteiger partial charge in [0.15, 0.2) is 0 Å². The second kappa shape index (κ2) is 9.28. The Morgan fingerprint density at radius 3 is 2.38 bits per heavy atom. The molecule has 0 saturated carbocycles. The number of carbonyl (C=O) groups is 1. The maximum Gasteiger partial charge on any atom is 0.254 e. The van der Waals surface area contributed by atoms with Gasteiger partial charge in [0, 0.05) is 32.5 Å². The Balaban J connectivity index is 2.43. The van der Waals surface area contributed by atoms with Crippen molar-refractivity contribution in [3.63, 3.8) is 0 Å². The number of rotatable bonds is 9. The molecule has 0 unspecified atom stereocenters. The zero-order valence-corrected chi connectivity index (χ0v) is 13.6. The van der Waals surface area contributed by atoms with E-state index < -0.39 is 0 Å². The molecular weight excluding hydrogens is 266 g/mol. The molecule has 0 aliphatic carbocycles. The Morgan fingerprint density at radius 1 is 1.14 bits per heavy atom. The van der Waals surface area contributed by atoms with Gasteiger partial charge < -0.3 is 15.1 Å². The molecule has 6 nitrogen and oxygen atoms in total. The van der Waals surface area contributed by atoms with Gasteiger partial charge >= 0.3 is 0 Å². The molecule has 1 aromatic heterocycles. The van der Waals surface area contributed by atoms with Crippen LogP contribution in [0.15, 0.2) is 12.4 Å². The number of hydrogen-bond donors (Lipinski definition) is 1. The summed E-state index contributed by atoms with van der Waals surface area (Å²) in [5.41, 5.74) is 0.507. The van der Waals surface area contributed by atoms with Crippen LogP contribution in [0, 0.1) is 0 Å². The number of aromatic nitrogens is 2. The summed E-state index contributed by atoms with van der Waals surface area (Å²) in [4.78, 5) is 24.5. The van der Waals surface area contributed by atoms with Crippen LogP contribution >= 0.6 is 0 Å². The SMILES string of the molecule is CCCCN(C)c1ncc(C(=O)NCCCN(C)C)cn1. The van der Waals surface area contributed by atoms with E-state index in [2.05, 4.69) is 27.1 Å². The molecule has 1 heterocycles. The normalized spacial score (nSPS) is 10.7. The molecule has 1 aromatic rings. The van der Waals surface area contributed by atoms with E-state index in [9.17, 15) is 4.79 Å². The highest BCUT2D eigenvalue weighted by Crippen LogP contribution is 2.06. The van der Waals surface area contributed by atoms with Crippen molar-refractivity contribution in [2.75, 3.05) is 45.7 Å². The lowest BCUT2D eigenvalue weighted by Crippen LogP contribution is -2.27. The van der Waals surface area contributed by atoms with Gasteiger partial charge in [-0.3, -0.25) is 4.79 Å². The number of hydrogen-bond acceptors (Lipinski definition) is 5. The fraction of sp³-hybridized carbons (Fsp3) is 0.667. The monoisotopic (exact) mass is 293 g/mol. The van der Waals surface area contributed by atoms with E-state index in [0.717, 1.165) is 32.4 Å². The number of amides is 1. The summed E-state index contributed by atoms with van der Waals surface area (Å²) in [6, 6.07) is 0. The highest BCUT2D eigenvalue weighted by atomic mass is 16.1. The third-order valence-electron chi connectivity index (χ3n) is 3.16. The van der Waals surface area contributed by atoms with Gasteiger partial charge in [-0.15, -0.1) is 0 Å². The molecule has 0 aliphatic rings. The minimum absolute atomic E-state index is 0.114. The Labute approximate surface area is 127 Å². The molecule has 0 fully saturated rings. The molecule has 0 aliphatic heterocycles. The maximum atomic E-state index is 11.9. The molecule has 1 N–H and O–H groups in total. The molecule has 0 aromatic carbocycles. The second-order valence-corrected chi connectivity index (χ2v) is 5.46. The molecule has 0 radical (unpaired) electrons. The third kappa shape index (κ3) is 6.53. The van der Waals surface area contributed by atoms with Gasteiger partial charge in [-0.25, -0.2) is 9.97 Å². The van der Waals surface area contributed by atoms with Crippen LogP contribution in [-0.2, 0) is 0 Å². The summed E-state index contributed by atoms with van der Waals surface area (Å²) in [5.74, 6) is 0.545. The largest absolute Gasteiger partial charge is 0.352 e. The minimum atomic E-state index is -0.114. The zero-order valence-electron chi connectivity index (χ0n) is 13.6. The zero-order chi connectivity index (χ0) is 15.7. The van der Waals surface area contributed by atoms with Gasteiger partial charge in [-0.1, -0.05) is 13.3 Å². The first-order valence-electron chi connectivity index (χ1n) is 7.50. The third-order valence-corrected chi connectivity index (χ3v) is 3.16. The van der Waals surface area contributed by atoms with Crippen LogP contribution in [0.5, 0.6) is 0 Å². The molecule has 21 heavy (non-hydrogen) atoms. The molecule has 1 amide bonds. The van der Waals surface area contributed by atoms with Crippen LogP contribution in [0.1, 0.15) is 36.5 Å². The van der Waals surface area contributed by atoms with E-state index in [4.69, 9.17) is 0 Å². The van der Waals surface area contributed by atoms with Crippen LogP contribution in [0.4, 0.5) is 5.95 Å². The Morgan fingerprint density at radius 2 is 1.81 bits per heavy atom. The van der Waals surface area contributed by atoms with Crippen LogP contribution in [0.2, 0.25) is 0 Å². The number of unbranched alkanes of at least 4 members (excludes halogenated alkanes) is 1. The van der Waals surface area contributed by atoms with Crippen molar-refractivity contribution in [3.8, 4) is 0 Å². The van der Waals surface area contributed by atoms with E-state index in [1.165, 1.54) is 0 Å². The Bertz CT molecular complexity index is 419. The predicted octanol–water partition coefficient (Wildman–Crippen LogP) is 1.39. The summed E-state index contributed by atoms with van der Waals surface area (Å²) in [6.07, 6.45) is 6.35. The van der Waals surface area contributed by atoms with E-state index in [0.29, 0.717) is 18.1 Å². The average molecular weight is 293 g/mol. The van der Waals surface area contributed by atoms with Crippen molar-refractivity contribution >= 4 is 11.9 Å². The summed E-state index contributed by atoms with van der Waals surface area (Å²) in [7, 11) is 6.00. The predicted molar refractivity (Wildman–Crippen MR) is 85.7 cm³/mol. The topological polar surface area (TPSA) is 61.4 Å². The van der Waals surface area contributed by atoms with E-state index in [1.54, 1.807) is 12.4 Å². The van der Waals surface area contributed by atoms with Crippen molar-refractivity contribution in [1.82, 2.24) is 20.2 Å². The van der Waals surface area contributed by atoms with Gasteiger partial charge in [-0.2, -0.15) is 0 Å². The Hall–Kier alpha value is -1.69. The van der Waals surface area contributed by atoms with Crippen LogP contribution in [0.3, 0.4) is 0 Å². The van der Waals surface area contributed by atoms with Gasteiger partial charge in [0.2, 0.25) is 5.95 Å². The van der Waals surface area contributed by atoms with Gasteiger partial charge in [0.1, 0.15) is 0 Å². The highest BCUT2D eigenvalue weighted by Gasteiger charge is 2.08. The summed E-state index contributed by atoms with van der Waals surface area (Å²) in [5, 5.41) is 2.88. The fourth-order valence-corrected chi connectivity index (χ4v) is 1.83. The first kappa shape index (κ1) is 17.4. The summed E-state index contributed by atoms with van der Waals surface area (Å²) >= 11 is 0. The van der Waals surface area contributed by atoms with Gasteiger partial charge in [0.05, 0.1) is 5.56 Å². The number of anilines is 1. The first-order valence-corrected chi connectivity index (χ1v) is 7.50. The molecule has 1 rings (SSSR count). The van der Waals surface area contributed by atoms with Crippen molar-refractivity contribution in [2.45, 2.75) is 26.2 Å². The van der Waals surface area contributed by atoms with E-state index in [-0.39, 0.29) is 5.91 Å². The molecule has 118 valence electrons. The van der Waals surface area contributed by atoms with Crippen LogP contribution in [0.25, 0.3) is 0 Å². The van der Waals surface area contributed by atoms with Gasteiger partial charge in [-0.05, 0) is 33.5 Å². The maximum absolute atomic E-state index is 11.9. The smallest absolute Gasteiger partial charge is 0.254 e.